The molecule has 1 heterocycles. The SMILES string of the molecule is CNCc1ccc(N2CCCCCC2)cc1Br. The van der Waals surface area contributed by atoms with Crippen molar-refractivity contribution < 1.29 is 0 Å². The third kappa shape index (κ3) is 3.46. The number of anilines is 1. The second-order valence-corrected chi connectivity index (χ2v) is 5.56. The molecule has 0 bridgehead atoms. The van der Waals surface area contributed by atoms with Crippen molar-refractivity contribution in [3.05, 3.63) is 28.2 Å². The molecule has 0 atom stereocenters. The van der Waals surface area contributed by atoms with Gasteiger partial charge in [0.05, 0.1) is 0 Å². The van der Waals surface area contributed by atoms with Gasteiger partial charge in [0.1, 0.15) is 0 Å². The van der Waals surface area contributed by atoms with Crippen molar-refractivity contribution in [1.82, 2.24) is 5.32 Å². The molecular formula is C14H21BrN2. The summed E-state index contributed by atoms with van der Waals surface area (Å²) < 4.78 is 1.22. The first-order valence-electron chi connectivity index (χ1n) is 6.49. The molecule has 3 heteroatoms. The third-order valence-corrected chi connectivity index (χ3v) is 4.11. The molecule has 1 aliphatic rings. The second-order valence-electron chi connectivity index (χ2n) is 4.71. The van der Waals surface area contributed by atoms with Gasteiger partial charge in [0.2, 0.25) is 0 Å². The molecule has 0 aliphatic carbocycles. The molecular weight excluding hydrogens is 276 g/mol. The van der Waals surface area contributed by atoms with Crippen molar-refractivity contribution in [2.75, 3.05) is 25.0 Å². The van der Waals surface area contributed by atoms with Crippen LogP contribution in [0, 0.1) is 0 Å². The van der Waals surface area contributed by atoms with Gasteiger partial charge in [-0.2, -0.15) is 0 Å². The predicted octanol–water partition coefficient (Wildman–Crippen LogP) is 3.55. The predicted molar refractivity (Wildman–Crippen MR) is 77.6 cm³/mol. The average Bonchev–Trinajstić information content (AvgIpc) is 2.60. The molecule has 0 unspecified atom stereocenters. The van der Waals surface area contributed by atoms with Gasteiger partial charge in [-0.05, 0) is 37.6 Å². The van der Waals surface area contributed by atoms with E-state index in [-0.39, 0.29) is 0 Å². The van der Waals surface area contributed by atoms with E-state index in [9.17, 15) is 0 Å². The minimum Gasteiger partial charge on any atom is -0.372 e. The maximum absolute atomic E-state index is 3.67. The molecule has 1 N–H and O–H groups in total. The quantitative estimate of drug-likeness (QED) is 0.918. The summed E-state index contributed by atoms with van der Waals surface area (Å²) in [4.78, 5) is 2.51. The minimum atomic E-state index is 0.918. The van der Waals surface area contributed by atoms with E-state index in [0.29, 0.717) is 0 Å². The molecule has 17 heavy (non-hydrogen) atoms. The third-order valence-electron chi connectivity index (χ3n) is 3.38. The molecule has 0 saturated carbocycles. The zero-order valence-electron chi connectivity index (χ0n) is 10.5. The van der Waals surface area contributed by atoms with E-state index < -0.39 is 0 Å². The van der Waals surface area contributed by atoms with Gasteiger partial charge in [0, 0.05) is 29.8 Å². The maximum atomic E-state index is 3.67. The molecule has 1 aromatic carbocycles. The Hall–Kier alpha value is -0.540. The lowest BCUT2D eigenvalue weighted by atomic mass is 10.2. The highest BCUT2D eigenvalue weighted by Gasteiger charge is 2.11. The topological polar surface area (TPSA) is 15.3 Å². The summed E-state index contributed by atoms with van der Waals surface area (Å²) in [6.07, 6.45) is 5.43. The summed E-state index contributed by atoms with van der Waals surface area (Å²) in [7, 11) is 1.98. The van der Waals surface area contributed by atoms with Crippen molar-refractivity contribution in [3.63, 3.8) is 0 Å². The van der Waals surface area contributed by atoms with Crippen molar-refractivity contribution >= 4 is 21.6 Å². The first kappa shape index (κ1) is 12.9. The van der Waals surface area contributed by atoms with Gasteiger partial charge < -0.3 is 10.2 Å². The summed E-state index contributed by atoms with van der Waals surface area (Å²) in [5.74, 6) is 0. The molecule has 1 aromatic rings. The first-order chi connectivity index (χ1) is 8.31. The molecule has 0 amide bonds. The van der Waals surface area contributed by atoms with Crippen molar-refractivity contribution in [1.29, 1.82) is 0 Å². The van der Waals surface area contributed by atoms with Crippen LogP contribution in [0.25, 0.3) is 0 Å². The fourth-order valence-electron chi connectivity index (χ4n) is 2.40. The van der Waals surface area contributed by atoms with Crippen LogP contribution >= 0.6 is 15.9 Å². The normalized spacial score (nSPS) is 16.9. The van der Waals surface area contributed by atoms with Crippen LogP contribution in [-0.4, -0.2) is 20.1 Å². The zero-order valence-corrected chi connectivity index (χ0v) is 12.1. The van der Waals surface area contributed by atoms with Crippen LogP contribution in [0.4, 0.5) is 5.69 Å². The van der Waals surface area contributed by atoms with Crippen LogP contribution in [0.2, 0.25) is 0 Å². The van der Waals surface area contributed by atoms with Gasteiger partial charge in [0.25, 0.3) is 0 Å². The van der Waals surface area contributed by atoms with E-state index in [2.05, 4.69) is 44.3 Å². The molecule has 1 fully saturated rings. The van der Waals surface area contributed by atoms with Crippen LogP contribution in [-0.2, 0) is 6.54 Å². The Bertz CT molecular complexity index is 357. The highest BCUT2D eigenvalue weighted by atomic mass is 79.9. The second kappa shape index (κ2) is 6.41. The Labute approximate surface area is 113 Å². The Morgan fingerprint density at radius 3 is 2.47 bits per heavy atom. The number of nitrogens with one attached hydrogen (secondary N) is 1. The molecule has 2 rings (SSSR count). The number of nitrogens with zero attached hydrogens (tertiary/aromatic N) is 1. The van der Waals surface area contributed by atoms with E-state index in [0.717, 1.165) is 6.54 Å². The van der Waals surface area contributed by atoms with E-state index >= 15 is 0 Å². The molecule has 0 spiro atoms. The standard InChI is InChI=1S/C14H21BrN2/c1-16-11-12-6-7-13(10-14(12)15)17-8-4-2-3-5-9-17/h6-7,10,16H,2-5,8-9,11H2,1H3. The monoisotopic (exact) mass is 296 g/mol. The minimum absolute atomic E-state index is 0.918. The first-order valence-corrected chi connectivity index (χ1v) is 7.28. The van der Waals surface area contributed by atoms with Crippen LogP contribution in [0.1, 0.15) is 31.2 Å². The Kier molecular flexibility index (Phi) is 4.86. The van der Waals surface area contributed by atoms with Crippen LogP contribution in [0.15, 0.2) is 22.7 Å². The van der Waals surface area contributed by atoms with Gasteiger partial charge in [-0.3, -0.25) is 0 Å². The highest BCUT2D eigenvalue weighted by Crippen LogP contribution is 2.26. The van der Waals surface area contributed by atoms with E-state index in [1.54, 1.807) is 0 Å². The Morgan fingerprint density at radius 1 is 1.18 bits per heavy atom. The molecule has 1 saturated heterocycles. The lowest BCUT2D eigenvalue weighted by Gasteiger charge is -2.23. The smallest absolute Gasteiger partial charge is 0.0377 e. The molecule has 1 aliphatic heterocycles. The highest BCUT2D eigenvalue weighted by molar-refractivity contribution is 9.10. The number of benzene rings is 1. The zero-order chi connectivity index (χ0) is 12.1. The average molecular weight is 297 g/mol. The fourth-order valence-corrected chi connectivity index (χ4v) is 2.90. The van der Waals surface area contributed by atoms with E-state index in [1.165, 1.54) is 54.5 Å². The van der Waals surface area contributed by atoms with Gasteiger partial charge in [-0.15, -0.1) is 0 Å². The maximum Gasteiger partial charge on any atom is 0.0377 e. The van der Waals surface area contributed by atoms with Crippen LogP contribution in [0.3, 0.4) is 0 Å². The largest absolute Gasteiger partial charge is 0.372 e. The summed E-state index contributed by atoms with van der Waals surface area (Å²) >= 11 is 3.67. The van der Waals surface area contributed by atoms with Gasteiger partial charge in [-0.1, -0.05) is 34.8 Å². The van der Waals surface area contributed by atoms with Gasteiger partial charge in [-0.25, -0.2) is 0 Å². The van der Waals surface area contributed by atoms with Crippen molar-refractivity contribution in [2.45, 2.75) is 32.2 Å². The number of rotatable bonds is 3. The van der Waals surface area contributed by atoms with E-state index in [4.69, 9.17) is 0 Å². The van der Waals surface area contributed by atoms with Crippen molar-refractivity contribution in [3.8, 4) is 0 Å². The molecule has 94 valence electrons. The van der Waals surface area contributed by atoms with Crippen LogP contribution < -0.4 is 10.2 Å². The van der Waals surface area contributed by atoms with Gasteiger partial charge in [0.15, 0.2) is 0 Å². The lowest BCUT2D eigenvalue weighted by Crippen LogP contribution is -2.23. The fraction of sp³-hybridized carbons (Fsp3) is 0.571. The summed E-state index contributed by atoms with van der Waals surface area (Å²) in [5, 5.41) is 3.19. The lowest BCUT2D eigenvalue weighted by molar-refractivity contribution is 0.726. The van der Waals surface area contributed by atoms with E-state index in [1.807, 2.05) is 7.05 Å². The van der Waals surface area contributed by atoms with Gasteiger partial charge >= 0.3 is 0 Å². The molecule has 0 radical (unpaired) electrons. The Balaban J connectivity index is 2.12. The summed E-state index contributed by atoms with van der Waals surface area (Å²) in [6.45, 7) is 3.33. The Morgan fingerprint density at radius 2 is 1.88 bits per heavy atom. The van der Waals surface area contributed by atoms with Crippen LogP contribution in [0.5, 0.6) is 0 Å². The summed E-state index contributed by atoms with van der Waals surface area (Å²) in [6, 6.07) is 6.74. The molecule has 2 nitrogen and oxygen atoms in total. The number of hydrogen-bond acceptors (Lipinski definition) is 2. The molecule has 0 aromatic heterocycles. The number of hydrogen-bond donors (Lipinski definition) is 1. The van der Waals surface area contributed by atoms with Crippen molar-refractivity contribution in [2.24, 2.45) is 0 Å². The summed E-state index contributed by atoms with van der Waals surface area (Å²) in [5.41, 5.74) is 2.68. The number of halogens is 1.